The van der Waals surface area contributed by atoms with E-state index in [-0.39, 0.29) is 124 Å². The Morgan fingerprint density at radius 3 is 1.95 bits per heavy atom. The summed E-state index contributed by atoms with van der Waals surface area (Å²) in [6.45, 7) is 3.04. The molecule has 76 heavy (non-hydrogen) atoms. The fourth-order valence-corrected chi connectivity index (χ4v) is 15.3. The zero-order valence-electron chi connectivity index (χ0n) is 40.5. The van der Waals surface area contributed by atoms with Gasteiger partial charge in [-0.25, -0.2) is 36.6 Å². The molecule has 10 rings (SSSR count). The first-order chi connectivity index (χ1) is 36.1. The van der Waals surface area contributed by atoms with E-state index in [9.17, 15) is 36.0 Å². The van der Waals surface area contributed by atoms with Gasteiger partial charge < -0.3 is 10.2 Å². The van der Waals surface area contributed by atoms with Gasteiger partial charge in [-0.2, -0.15) is 8.61 Å². The van der Waals surface area contributed by atoms with E-state index in [2.05, 4.69) is 47.1 Å². The van der Waals surface area contributed by atoms with Gasteiger partial charge >= 0.3 is 0 Å². The Morgan fingerprint density at radius 2 is 1.33 bits per heavy atom. The van der Waals surface area contributed by atoms with Gasteiger partial charge in [0.05, 0.1) is 52.6 Å². The second kappa shape index (κ2) is 21.1. The number of fused-ring (bicyclic) bond motifs is 2. The molecule has 26 heteroatoms. The van der Waals surface area contributed by atoms with Crippen molar-refractivity contribution >= 4 is 151 Å². The number of aromatic nitrogens is 4. The first kappa shape index (κ1) is 54.5. The molecule has 0 aliphatic carbocycles. The summed E-state index contributed by atoms with van der Waals surface area (Å²) in [7, 11) is -8.62. The van der Waals surface area contributed by atoms with E-state index in [0.717, 1.165) is 24.4 Å². The number of sulfonamides is 2. The minimum atomic E-state index is -4.32. The lowest BCUT2D eigenvalue weighted by molar-refractivity contribution is -0.130. The van der Waals surface area contributed by atoms with Crippen LogP contribution in [0.1, 0.15) is 56.2 Å². The molecule has 1 unspecified atom stereocenters. The number of anilines is 5. The third kappa shape index (κ3) is 9.78. The predicted molar refractivity (Wildman–Crippen MR) is 296 cm³/mol. The molecule has 3 amide bonds. The van der Waals surface area contributed by atoms with Crippen molar-refractivity contribution in [1.29, 1.82) is 0 Å². The molecule has 6 aromatic rings. The molecule has 2 aromatic heterocycles. The Labute approximate surface area is 475 Å². The standard InChI is InChI=1S/C50H46Br2Cl4N10O8S2/c1-3-38(30-8-12-32(52)13-9-30)45-46(69)63(48-58-26-42(65(45)48)75(71,72)62-14-4-5-37(67)28-62)36-22-39(55)44(40(56)23-36)57-25-41(68)60-15-17-61(18-16-60)76(73,74)43-27-59-49-64(35-20-33(53)19-34(54)21-35)47(70)50(2,66(43)49)24-29-6-10-31(51)11-7-29/h6-13,19-23,26-27,38,45,57H,3-5,14-18,24-25,28H2,1-2H3/t38?,45-,50-/m1/s1. The fourth-order valence-electron chi connectivity index (χ4n) is 10.4. The Bertz CT molecular complexity index is 3540. The number of piperazine rings is 1. The van der Waals surface area contributed by atoms with Gasteiger partial charge in [-0.05, 0) is 85.5 Å². The minimum Gasteiger partial charge on any atom is -0.374 e. The van der Waals surface area contributed by atoms with E-state index in [0.29, 0.717) is 18.5 Å². The van der Waals surface area contributed by atoms with Gasteiger partial charge in [0.15, 0.2) is 10.1 Å². The molecule has 0 spiro atoms. The number of ketones is 1. The fraction of sp³-hybridized carbons (Fsp3) is 0.320. The maximum Gasteiger partial charge on any atom is 0.260 e. The van der Waals surface area contributed by atoms with Gasteiger partial charge in [-0.1, -0.05) is 109 Å². The SMILES string of the molecule is CCC(c1ccc(Br)cc1)[C@@H]1C(=O)N(c2cc(Cl)c(NCC(=O)N3CCN(S(=O)(=O)c4cnc5n4[C@](C)(Cc4ccc(Br)cc4)C(=O)N5c4cc(Cl)cc(Cl)c4)CC3)c(Cl)c2)c2ncc(S(=O)(=O)N3CCCC(=O)C3)n21. The molecule has 18 nitrogen and oxygen atoms in total. The number of nitrogens with one attached hydrogen (secondary N) is 1. The number of carbonyl (C=O) groups is 4. The Hall–Kier alpha value is -4.88. The van der Waals surface area contributed by atoms with Crippen LogP contribution in [0.2, 0.25) is 20.1 Å². The van der Waals surface area contributed by atoms with E-state index in [1.807, 2.05) is 55.5 Å². The number of Topliss-reactive ketones (excluding diaryl/α,β-unsaturated/α-hetero) is 1. The summed E-state index contributed by atoms with van der Waals surface area (Å²) in [5.74, 6) is -1.94. The first-order valence-electron chi connectivity index (χ1n) is 23.9. The van der Waals surface area contributed by atoms with Crippen LogP contribution in [0.5, 0.6) is 0 Å². The number of hydrogen-bond donors (Lipinski definition) is 1. The third-order valence-electron chi connectivity index (χ3n) is 14.2. The van der Waals surface area contributed by atoms with Gasteiger partial charge in [0.25, 0.3) is 31.9 Å². The average Bonchev–Trinajstić information content (AvgIpc) is 4.22. The van der Waals surface area contributed by atoms with Gasteiger partial charge in [-0.15, -0.1) is 0 Å². The second-order valence-electron chi connectivity index (χ2n) is 18.9. The number of piperidine rings is 1. The van der Waals surface area contributed by atoms with Crippen molar-refractivity contribution in [3.63, 3.8) is 0 Å². The maximum absolute atomic E-state index is 14.8. The topological polar surface area (TPSA) is 200 Å². The van der Waals surface area contributed by atoms with Crippen LogP contribution in [-0.2, 0) is 51.2 Å². The van der Waals surface area contributed by atoms with Gasteiger partial charge in [0.2, 0.25) is 17.8 Å². The summed E-state index contributed by atoms with van der Waals surface area (Å²) >= 11 is 33.4. The van der Waals surface area contributed by atoms with E-state index < -0.39 is 49.4 Å². The molecular formula is C50H46Br2Cl4N10O8S2. The van der Waals surface area contributed by atoms with Crippen molar-refractivity contribution in [3.05, 3.63) is 131 Å². The highest BCUT2D eigenvalue weighted by atomic mass is 79.9. The highest BCUT2D eigenvalue weighted by Crippen LogP contribution is 2.49. The smallest absolute Gasteiger partial charge is 0.260 e. The molecular weight excluding hydrogens is 1230 g/mol. The highest BCUT2D eigenvalue weighted by Gasteiger charge is 2.53. The second-order valence-corrected chi connectivity index (χ2v) is 26.2. The number of nitrogens with zero attached hydrogens (tertiary/aromatic N) is 9. The van der Waals surface area contributed by atoms with Crippen LogP contribution in [-0.4, -0.2) is 119 Å². The van der Waals surface area contributed by atoms with Gasteiger partial charge in [0, 0.05) is 70.5 Å². The summed E-state index contributed by atoms with van der Waals surface area (Å²) in [6.07, 6.45) is 3.63. The van der Waals surface area contributed by atoms with E-state index in [1.165, 1.54) is 58.7 Å². The number of imidazole rings is 2. The summed E-state index contributed by atoms with van der Waals surface area (Å²) in [5.41, 5.74) is 0.777. The number of rotatable bonds is 14. The lowest BCUT2D eigenvalue weighted by Gasteiger charge is -2.35. The molecule has 1 N–H and O–H groups in total. The molecule has 0 saturated carbocycles. The van der Waals surface area contributed by atoms with E-state index >= 15 is 0 Å². The van der Waals surface area contributed by atoms with Crippen molar-refractivity contribution < 1.29 is 36.0 Å². The van der Waals surface area contributed by atoms with E-state index in [4.69, 9.17) is 46.4 Å². The zero-order chi connectivity index (χ0) is 54.2. The molecule has 6 heterocycles. The minimum absolute atomic E-state index is 0.0161. The average molecular weight is 1280 g/mol. The summed E-state index contributed by atoms with van der Waals surface area (Å²) in [6, 6.07) is 21.3. The van der Waals surface area contributed by atoms with Crippen molar-refractivity contribution in [1.82, 2.24) is 32.6 Å². The van der Waals surface area contributed by atoms with E-state index in [1.54, 1.807) is 19.1 Å². The maximum atomic E-state index is 14.8. The summed E-state index contributed by atoms with van der Waals surface area (Å²) in [4.78, 5) is 68.8. The van der Waals surface area contributed by atoms with Crippen molar-refractivity contribution in [2.24, 2.45) is 0 Å². The quantitative estimate of drug-likeness (QED) is 0.109. The van der Waals surface area contributed by atoms with Crippen LogP contribution in [0.3, 0.4) is 0 Å². The lowest BCUT2D eigenvalue weighted by Crippen LogP contribution is -2.52. The predicted octanol–water partition coefficient (Wildman–Crippen LogP) is 9.57. The van der Waals surface area contributed by atoms with Crippen LogP contribution in [0.25, 0.3) is 0 Å². The van der Waals surface area contributed by atoms with Crippen LogP contribution in [0.4, 0.5) is 29.0 Å². The van der Waals surface area contributed by atoms with Crippen LogP contribution >= 0.6 is 78.3 Å². The molecule has 0 bridgehead atoms. The molecule has 4 aliphatic heterocycles. The van der Waals surface area contributed by atoms with Crippen molar-refractivity contribution in [2.45, 2.75) is 67.1 Å². The highest BCUT2D eigenvalue weighted by molar-refractivity contribution is 9.10. The zero-order valence-corrected chi connectivity index (χ0v) is 48.3. The Balaban J connectivity index is 0.864. The molecule has 4 aliphatic rings. The molecule has 4 aromatic carbocycles. The molecule has 0 radical (unpaired) electrons. The monoisotopic (exact) mass is 1280 g/mol. The third-order valence-corrected chi connectivity index (χ3v) is 19.9. The first-order valence-corrected chi connectivity index (χ1v) is 29.9. The molecule has 2 fully saturated rings. The lowest BCUT2D eigenvalue weighted by atomic mass is 9.88. The van der Waals surface area contributed by atoms with Crippen LogP contribution < -0.4 is 15.1 Å². The van der Waals surface area contributed by atoms with Gasteiger partial charge in [-0.3, -0.25) is 28.3 Å². The largest absolute Gasteiger partial charge is 0.374 e. The summed E-state index contributed by atoms with van der Waals surface area (Å²) < 4.78 is 64.8. The number of benzene rings is 4. The number of carbonyl (C=O) groups excluding carboxylic acids is 4. The summed E-state index contributed by atoms with van der Waals surface area (Å²) in [5, 5.41) is 3.20. The Kier molecular flexibility index (Phi) is 15.1. The van der Waals surface area contributed by atoms with Crippen molar-refractivity contribution in [2.75, 3.05) is 60.9 Å². The normalized spacial score (nSPS) is 19.9. The van der Waals surface area contributed by atoms with Crippen LogP contribution in [0.15, 0.2) is 110 Å². The number of hydrogen-bond acceptors (Lipinski definition) is 11. The Morgan fingerprint density at radius 1 is 0.750 bits per heavy atom. The number of amides is 3. The van der Waals surface area contributed by atoms with Crippen molar-refractivity contribution in [3.8, 4) is 0 Å². The van der Waals surface area contributed by atoms with Crippen LogP contribution in [0, 0.1) is 0 Å². The van der Waals surface area contributed by atoms with Gasteiger partial charge in [0.1, 0.15) is 17.4 Å². The molecule has 398 valence electrons. The number of halogens is 6. The molecule has 2 saturated heterocycles. The molecule has 3 atom stereocenters.